The Morgan fingerprint density at radius 2 is 1.56 bits per heavy atom. The molecule has 9 nitrogen and oxygen atoms in total. The number of carbonyl (C=O) groups excluding carboxylic acids is 4. The van der Waals surface area contributed by atoms with Crippen molar-refractivity contribution in [2.24, 2.45) is 16.7 Å². The Balaban J connectivity index is 1.59. The number of allylic oxidation sites excluding steroid dienone is 1. The number of nitrogens with one attached hydrogen (secondary N) is 1. The molecule has 0 radical (unpaired) electrons. The highest BCUT2D eigenvalue weighted by Gasteiger charge is 2.48. The van der Waals surface area contributed by atoms with E-state index in [4.69, 9.17) is 14.2 Å². The number of Topliss-reactive ketones (excluding diaryl/α,β-unsaturated/α-hetero) is 1. The molecule has 4 rings (SSSR count). The molecule has 2 aliphatic rings. The normalized spacial score (nSPS) is 22.4. The fourth-order valence-corrected chi connectivity index (χ4v) is 7.89. The first-order valence-electron chi connectivity index (χ1n) is 19.7. The molecule has 0 saturated carbocycles. The summed E-state index contributed by atoms with van der Waals surface area (Å²) >= 11 is 0. The number of amides is 1. The van der Waals surface area contributed by atoms with Crippen molar-refractivity contribution in [3.05, 3.63) is 75.4 Å². The molecule has 54 heavy (non-hydrogen) atoms. The van der Waals surface area contributed by atoms with E-state index in [0.717, 1.165) is 47.3 Å². The summed E-state index contributed by atoms with van der Waals surface area (Å²) in [5, 5.41) is 3.28. The van der Waals surface area contributed by atoms with Crippen molar-refractivity contribution < 1.29 is 33.4 Å². The van der Waals surface area contributed by atoms with Gasteiger partial charge in [0.05, 0.1) is 11.5 Å². The Hall–Kier alpha value is -3.82. The molecule has 9 heteroatoms. The third-order valence-corrected chi connectivity index (χ3v) is 11.3. The lowest BCUT2D eigenvalue weighted by Gasteiger charge is -2.45. The topological polar surface area (TPSA) is 111 Å². The summed E-state index contributed by atoms with van der Waals surface area (Å²) in [5.74, 6) is -0.697. The van der Waals surface area contributed by atoms with Crippen LogP contribution in [0.1, 0.15) is 133 Å². The van der Waals surface area contributed by atoms with Crippen LogP contribution in [0.3, 0.4) is 0 Å². The van der Waals surface area contributed by atoms with Crippen LogP contribution in [-0.2, 0) is 39.8 Å². The van der Waals surface area contributed by atoms with Gasteiger partial charge in [0.1, 0.15) is 18.0 Å². The molecule has 2 aromatic rings. The molecular weight excluding hydrogens is 681 g/mol. The zero-order chi connectivity index (χ0) is 40.1. The van der Waals surface area contributed by atoms with Crippen molar-refractivity contribution in [3.8, 4) is 0 Å². The predicted octanol–water partition coefficient (Wildman–Crippen LogP) is 7.82. The highest BCUT2D eigenvalue weighted by atomic mass is 16.6. The number of rotatable bonds is 13. The van der Waals surface area contributed by atoms with E-state index in [1.165, 1.54) is 25.0 Å². The second-order valence-corrected chi connectivity index (χ2v) is 17.0. The molecule has 0 aromatic heterocycles. The van der Waals surface area contributed by atoms with Gasteiger partial charge in [0.15, 0.2) is 6.10 Å². The maximum absolute atomic E-state index is 13.6. The molecule has 0 aliphatic carbocycles. The summed E-state index contributed by atoms with van der Waals surface area (Å²) in [4.78, 5) is 53.3. The number of hydrogen-bond donors (Lipinski definition) is 1. The Bertz CT molecular complexity index is 1720. The van der Waals surface area contributed by atoms with Gasteiger partial charge in [-0.1, -0.05) is 84.0 Å². The van der Waals surface area contributed by atoms with E-state index < -0.39 is 41.1 Å². The van der Waals surface area contributed by atoms with Gasteiger partial charge in [-0.25, -0.2) is 0 Å². The number of piperazine rings is 1. The summed E-state index contributed by atoms with van der Waals surface area (Å²) in [5.41, 5.74) is 6.12. The lowest BCUT2D eigenvalue weighted by molar-refractivity contribution is -0.225. The number of aryl methyl sites for hydroxylation is 2. The molecule has 0 spiro atoms. The van der Waals surface area contributed by atoms with Gasteiger partial charge in [-0.15, -0.1) is 0 Å². The van der Waals surface area contributed by atoms with Gasteiger partial charge in [0.25, 0.3) is 0 Å². The van der Waals surface area contributed by atoms with Gasteiger partial charge in [-0.3, -0.25) is 19.2 Å². The molecule has 1 N–H and O–H groups in total. The van der Waals surface area contributed by atoms with E-state index in [0.29, 0.717) is 19.5 Å². The molecule has 2 aromatic carbocycles. The van der Waals surface area contributed by atoms with Gasteiger partial charge in [0.2, 0.25) is 5.91 Å². The smallest absolute Gasteiger partial charge is 0.303 e. The van der Waals surface area contributed by atoms with Gasteiger partial charge < -0.3 is 24.4 Å². The first-order chi connectivity index (χ1) is 25.2. The number of ketones is 1. The van der Waals surface area contributed by atoms with Gasteiger partial charge in [-0.2, -0.15) is 0 Å². The average molecular weight is 745 g/mol. The quantitative estimate of drug-likeness (QED) is 0.207. The zero-order valence-electron chi connectivity index (χ0n) is 34.8. The number of ether oxygens (including phenoxy) is 3. The summed E-state index contributed by atoms with van der Waals surface area (Å²) in [7, 11) is 0. The molecule has 2 aliphatic heterocycles. The second-order valence-electron chi connectivity index (χ2n) is 17.0. The predicted molar refractivity (Wildman–Crippen MR) is 213 cm³/mol. The van der Waals surface area contributed by atoms with Crippen molar-refractivity contribution in [2.75, 3.05) is 26.2 Å². The molecule has 2 heterocycles. The number of benzene rings is 2. The monoisotopic (exact) mass is 744 g/mol. The van der Waals surface area contributed by atoms with Crippen molar-refractivity contribution >= 4 is 29.7 Å². The minimum atomic E-state index is -0.789. The third-order valence-electron chi connectivity index (χ3n) is 11.3. The van der Waals surface area contributed by atoms with Crippen LogP contribution < -0.4 is 5.32 Å². The Morgan fingerprint density at radius 1 is 0.926 bits per heavy atom. The number of hydrogen-bond acceptors (Lipinski definition) is 8. The number of esters is 2. The third kappa shape index (κ3) is 10.3. The SMILES string of the molecule is CC[C@H]1O[C@@H](c2cc(Cc3ccc(/C=C/C(C)(C)C(=O)CC(C)(C)C(=O)N4CCNCC4)cc3C)c(C(C)C)cc2C)[C@H](OC(C)=O)[C@@H](OC(C)=O)[C@@H]1C. The fraction of sp³-hybridized carbons (Fsp3) is 0.600. The van der Waals surface area contributed by atoms with Crippen LogP contribution >= 0.6 is 0 Å². The van der Waals surface area contributed by atoms with Crippen LogP contribution in [0.25, 0.3) is 6.08 Å². The second kappa shape index (κ2) is 17.8. The van der Waals surface area contributed by atoms with Crippen molar-refractivity contribution in [2.45, 2.75) is 133 Å². The van der Waals surface area contributed by atoms with Crippen LogP contribution in [0.5, 0.6) is 0 Å². The maximum Gasteiger partial charge on any atom is 0.303 e. The highest BCUT2D eigenvalue weighted by molar-refractivity contribution is 5.93. The highest BCUT2D eigenvalue weighted by Crippen LogP contribution is 2.42. The lowest BCUT2D eigenvalue weighted by Crippen LogP contribution is -2.53. The molecule has 0 unspecified atom stereocenters. The zero-order valence-corrected chi connectivity index (χ0v) is 34.8. The van der Waals surface area contributed by atoms with Gasteiger partial charge in [-0.05, 0) is 85.4 Å². The molecule has 5 atom stereocenters. The van der Waals surface area contributed by atoms with Crippen LogP contribution in [0.4, 0.5) is 0 Å². The summed E-state index contributed by atoms with van der Waals surface area (Å²) < 4.78 is 18.4. The van der Waals surface area contributed by atoms with Crippen molar-refractivity contribution in [3.63, 3.8) is 0 Å². The number of nitrogens with zero attached hydrogens (tertiary/aromatic N) is 1. The molecule has 296 valence electrons. The molecule has 0 bridgehead atoms. The Kier molecular flexibility index (Phi) is 14.1. The van der Waals surface area contributed by atoms with Crippen LogP contribution in [-0.4, -0.2) is 73.0 Å². The minimum Gasteiger partial charge on any atom is -0.458 e. The minimum absolute atomic E-state index is 0.0334. The molecule has 1 amide bonds. The van der Waals surface area contributed by atoms with Crippen LogP contribution in [0, 0.1) is 30.6 Å². The number of carbonyl (C=O) groups is 4. The largest absolute Gasteiger partial charge is 0.458 e. The summed E-state index contributed by atoms with van der Waals surface area (Å²) in [6.07, 6.45) is 3.32. The van der Waals surface area contributed by atoms with Gasteiger partial charge in [0, 0.05) is 57.8 Å². The molecule has 2 saturated heterocycles. The first-order valence-corrected chi connectivity index (χ1v) is 19.7. The lowest BCUT2D eigenvalue weighted by atomic mass is 9.76. The van der Waals surface area contributed by atoms with E-state index in [9.17, 15) is 19.2 Å². The van der Waals surface area contributed by atoms with E-state index in [1.807, 2.05) is 58.6 Å². The average Bonchev–Trinajstić information content (AvgIpc) is 3.10. The van der Waals surface area contributed by atoms with Crippen LogP contribution in [0.15, 0.2) is 36.4 Å². The maximum atomic E-state index is 13.6. The fourth-order valence-electron chi connectivity index (χ4n) is 7.89. The van der Waals surface area contributed by atoms with Crippen LogP contribution in [0.2, 0.25) is 0 Å². The van der Waals surface area contributed by atoms with E-state index >= 15 is 0 Å². The summed E-state index contributed by atoms with van der Waals surface area (Å²) in [6.45, 7) is 25.8. The van der Waals surface area contributed by atoms with E-state index in [1.54, 1.807) is 0 Å². The first kappa shape index (κ1) is 42.9. The van der Waals surface area contributed by atoms with E-state index in [-0.39, 0.29) is 36.1 Å². The Morgan fingerprint density at radius 3 is 2.13 bits per heavy atom. The van der Waals surface area contributed by atoms with Gasteiger partial charge >= 0.3 is 11.9 Å². The van der Waals surface area contributed by atoms with Crippen molar-refractivity contribution in [1.29, 1.82) is 0 Å². The van der Waals surface area contributed by atoms with Crippen molar-refractivity contribution in [1.82, 2.24) is 10.2 Å². The summed E-state index contributed by atoms with van der Waals surface area (Å²) in [6, 6.07) is 10.8. The molecule has 2 fully saturated rings. The van der Waals surface area contributed by atoms with E-state index in [2.05, 4.69) is 63.3 Å². The standard InChI is InChI=1S/C45H64N2O7/c1-13-38-30(6)40(52-31(7)48)42(53-32(8)49)41(54-38)37-25-35(36(27(2)3)23-29(37)5)24-34-15-14-33(22-28(34)4)16-17-44(9,10)39(50)26-45(11,12)43(51)47-20-18-46-19-21-47/h14-17,22-23,25,27,30,38,40-42,46H,13,18-21,24,26H2,1-12H3/b17-16+/t30-,38-,40+,41+,42-/m1/s1. The molecular formula is C45H64N2O7. The Labute approximate surface area is 323 Å².